The second kappa shape index (κ2) is 7.97. The molecule has 0 spiro atoms. The summed E-state index contributed by atoms with van der Waals surface area (Å²) in [7, 11) is 0. The van der Waals surface area contributed by atoms with Crippen LogP contribution < -0.4 is 0 Å². The number of aromatic hydroxyl groups is 1. The fourth-order valence-electron chi connectivity index (χ4n) is 4.13. The lowest BCUT2D eigenvalue weighted by Crippen LogP contribution is -2.20. The number of rotatable bonds is 5. The van der Waals surface area contributed by atoms with E-state index in [1.165, 1.54) is 5.56 Å². The lowest BCUT2D eigenvalue weighted by atomic mass is 9.77. The third kappa shape index (κ3) is 3.65. The minimum atomic E-state index is -0.262. The second-order valence-electron chi connectivity index (χ2n) is 8.63. The molecular weight excluding hydrogens is 394 g/mol. The van der Waals surface area contributed by atoms with Gasteiger partial charge in [0.1, 0.15) is 22.5 Å². The van der Waals surface area contributed by atoms with Crippen molar-refractivity contribution in [3.8, 4) is 11.4 Å². The molecule has 1 aromatic heterocycles. The summed E-state index contributed by atoms with van der Waals surface area (Å²) >= 11 is 0. The Morgan fingerprint density at radius 2 is 1.28 bits per heavy atom. The smallest absolute Gasteiger partial charge is 0.146 e. The molecule has 5 aromatic rings. The fraction of sp³-hybridized carbons (Fsp3) is 0.143. The van der Waals surface area contributed by atoms with Gasteiger partial charge in [0, 0.05) is 17.4 Å². The monoisotopic (exact) mass is 419 g/mol. The number of phenols is 1. The summed E-state index contributed by atoms with van der Waals surface area (Å²) in [5.74, 6) is 0.210. The van der Waals surface area contributed by atoms with Crippen molar-refractivity contribution in [1.82, 2.24) is 15.0 Å². The predicted molar refractivity (Wildman–Crippen MR) is 128 cm³/mol. The first-order valence-electron chi connectivity index (χ1n) is 10.8. The summed E-state index contributed by atoms with van der Waals surface area (Å²) in [4.78, 5) is 1.55. The summed E-state index contributed by atoms with van der Waals surface area (Å²) in [5.41, 5.74) is 6.23. The first-order chi connectivity index (χ1) is 15.5. The van der Waals surface area contributed by atoms with E-state index in [0.29, 0.717) is 12.1 Å². The summed E-state index contributed by atoms with van der Waals surface area (Å²) in [5, 5.41) is 20.6. The van der Waals surface area contributed by atoms with Gasteiger partial charge in [-0.25, -0.2) is 0 Å². The molecule has 0 aliphatic rings. The zero-order chi connectivity index (χ0) is 22.1. The highest BCUT2D eigenvalue weighted by molar-refractivity contribution is 5.74. The summed E-state index contributed by atoms with van der Waals surface area (Å²) in [6, 6.07) is 32.5. The first-order valence-corrected chi connectivity index (χ1v) is 10.8. The van der Waals surface area contributed by atoms with Crippen LogP contribution in [0.1, 0.15) is 36.1 Å². The Hall–Kier alpha value is -3.92. The zero-order valence-corrected chi connectivity index (χ0v) is 18.2. The van der Waals surface area contributed by atoms with Gasteiger partial charge in [-0.3, -0.25) is 0 Å². The molecule has 0 atom stereocenters. The van der Waals surface area contributed by atoms with Gasteiger partial charge in [0.05, 0.1) is 0 Å². The van der Waals surface area contributed by atoms with Crippen molar-refractivity contribution in [2.75, 3.05) is 0 Å². The van der Waals surface area contributed by atoms with E-state index in [0.717, 1.165) is 27.7 Å². The standard InChI is InChI=1S/C28H25N3O/c1-28(2,22-13-7-4-8-14-22)23-18-21(17-20-11-5-3-6-12-20)27(32)26(19-23)31-29-24-15-9-10-16-25(24)30-31/h3-16,18-19,32H,17H2,1-2H3. The topological polar surface area (TPSA) is 50.9 Å². The van der Waals surface area contributed by atoms with Gasteiger partial charge in [-0.15, -0.1) is 15.0 Å². The van der Waals surface area contributed by atoms with Crippen LogP contribution in [0.2, 0.25) is 0 Å². The van der Waals surface area contributed by atoms with E-state index in [-0.39, 0.29) is 11.2 Å². The Balaban J connectivity index is 1.70. The van der Waals surface area contributed by atoms with E-state index in [1.807, 2.05) is 54.6 Å². The van der Waals surface area contributed by atoms with Crippen molar-refractivity contribution in [2.45, 2.75) is 25.7 Å². The number of aromatic nitrogens is 3. The molecular formula is C28H25N3O. The molecule has 0 aliphatic carbocycles. The maximum atomic E-state index is 11.3. The third-order valence-electron chi connectivity index (χ3n) is 6.13. The summed E-state index contributed by atoms with van der Waals surface area (Å²) in [6.07, 6.45) is 0.624. The van der Waals surface area contributed by atoms with Crippen LogP contribution in [0, 0.1) is 0 Å². The van der Waals surface area contributed by atoms with E-state index < -0.39 is 0 Å². The van der Waals surface area contributed by atoms with Crippen LogP contribution in [-0.4, -0.2) is 20.1 Å². The molecule has 158 valence electrons. The third-order valence-corrected chi connectivity index (χ3v) is 6.13. The van der Waals surface area contributed by atoms with Crippen molar-refractivity contribution in [3.63, 3.8) is 0 Å². The number of phenolic OH excluding ortho intramolecular Hbond substituents is 1. The Kier molecular flexibility index (Phi) is 4.98. The number of fused-ring (bicyclic) bond motifs is 1. The minimum Gasteiger partial charge on any atom is -0.505 e. The molecule has 4 heteroatoms. The molecule has 4 aromatic carbocycles. The molecule has 32 heavy (non-hydrogen) atoms. The highest BCUT2D eigenvalue weighted by Crippen LogP contribution is 2.38. The van der Waals surface area contributed by atoms with E-state index in [9.17, 15) is 5.11 Å². The maximum Gasteiger partial charge on any atom is 0.146 e. The molecule has 1 N–H and O–H groups in total. The highest BCUT2D eigenvalue weighted by atomic mass is 16.3. The van der Waals surface area contributed by atoms with Crippen LogP contribution in [0.3, 0.4) is 0 Å². The fourth-order valence-corrected chi connectivity index (χ4v) is 4.13. The van der Waals surface area contributed by atoms with Crippen molar-refractivity contribution < 1.29 is 5.11 Å². The Bertz CT molecular complexity index is 1340. The summed E-state index contributed by atoms with van der Waals surface area (Å²) in [6.45, 7) is 4.41. The average molecular weight is 420 g/mol. The quantitative estimate of drug-likeness (QED) is 0.378. The zero-order valence-electron chi connectivity index (χ0n) is 18.2. The number of nitrogens with zero attached hydrogens (tertiary/aromatic N) is 3. The molecule has 0 saturated heterocycles. The van der Waals surface area contributed by atoms with E-state index in [4.69, 9.17) is 0 Å². The molecule has 0 saturated carbocycles. The van der Waals surface area contributed by atoms with E-state index in [1.54, 1.807) is 4.80 Å². The molecule has 4 nitrogen and oxygen atoms in total. The van der Waals surface area contributed by atoms with E-state index in [2.05, 4.69) is 66.5 Å². The maximum absolute atomic E-state index is 11.3. The van der Waals surface area contributed by atoms with Crippen LogP contribution in [-0.2, 0) is 11.8 Å². The Labute approximate surface area is 187 Å². The van der Waals surface area contributed by atoms with Gasteiger partial charge >= 0.3 is 0 Å². The van der Waals surface area contributed by atoms with Crippen molar-refractivity contribution in [1.29, 1.82) is 0 Å². The predicted octanol–water partition coefficient (Wildman–Crippen LogP) is 6.04. The van der Waals surface area contributed by atoms with Gasteiger partial charge in [-0.1, -0.05) is 92.7 Å². The van der Waals surface area contributed by atoms with Crippen LogP contribution >= 0.6 is 0 Å². The molecule has 0 unspecified atom stereocenters. The molecule has 5 rings (SSSR count). The Morgan fingerprint density at radius 1 is 0.719 bits per heavy atom. The van der Waals surface area contributed by atoms with Gasteiger partial charge in [-0.2, -0.15) is 0 Å². The lowest BCUT2D eigenvalue weighted by molar-refractivity contribution is 0.460. The van der Waals surface area contributed by atoms with E-state index >= 15 is 0 Å². The van der Waals surface area contributed by atoms with Gasteiger partial charge < -0.3 is 5.11 Å². The Morgan fingerprint density at radius 3 is 1.91 bits per heavy atom. The molecule has 0 bridgehead atoms. The highest BCUT2D eigenvalue weighted by Gasteiger charge is 2.26. The number of hydrogen-bond donors (Lipinski definition) is 1. The minimum absolute atomic E-state index is 0.210. The first kappa shape index (κ1) is 20.0. The van der Waals surface area contributed by atoms with Crippen LogP contribution in [0.15, 0.2) is 97.1 Å². The lowest BCUT2D eigenvalue weighted by Gasteiger charge is -2.28. The van der Waals surface area contributed by atoms with Crippen LogP contribution in [0.25, 0.3) is 16.7 Å². The van der Waals surface area contributed by atoms with Gasteiger partial charge in [0.15, 0.2) is 0 Å². The second-order valence-corrected chi connectivity index (χ2v) is 8.63. The molecule has 1 heterocycles. The van der Waals surface area contributed by atoms with Gasteiger partial charge in [-0.05, 0) is 34.9 Å². The SMILES string of the molecule is CC(C)(c1ccccc1)c1cc(Cc2ccccc2)c(O)c(-n2nc3ccccc3n2)c1. The largest absolute Gasteiger partial charge is 0.505 e. The van der Waals surface area contributed by atoms with Crippen molar-refractivity contribution >= 4 is 11.0 Å². The molecule has 0 aliphatic heterocycles. The molecule has 0 amide bonds. The van der Waals surface area contributed by atoms with Gasteiger partial charge in [0.2, 0.25) is 0 Å². The van der Waals surface area contributed by atoms with Gasteiger partial charge in [0.25, 0.3) is 0 Å². The summed E-state index contributed by atoms with van der Waals surface area (Å²) < 4.78 is 0. The number of benzene rings is 4. The molecule has 0 fully saturated rings. The average Bonchev–Trinajstić information content (AvgIpc) is 3.25. The van der Waals surface area contributed by atoms with Crippen molar-refractivity contribution in [3.05, 3.63) is 119 Å². The van der Waals surface area contributed by atoms with Crippen LogP contribution in [0.4, 0.5) is 0 Å². The molecule has 0 radical (unpaired) electrons. The van der Waals surface area contributed by atoms with Crippen LogP contribution in [0.5, 0.6) is 5.75 Å². The normalized spacial score (nSPS) is 11.7. The number of hydrogen-bond acceptors (Lipinski definition) is 3. The van der Waals surface area contributed by atoms with Crippen molar-refractivity contribution in [2.24, 2.45) is 0 Å².